The van der Waals surface area contributed by atoms with Crippen molar-refractivity contribution >= 4 is 32.5 Å². The van der Waals surface area contributed by atoms with Gasteiger partial charge in [-0.2, -0.15) is 13.2 Å². The van der Waals surface area contributed by atoms with Crippen LogP contribution in [0.3, 0.4) is 0 Å². The first-order valence-electron chi connectivity index (χ1n) is 8.56. The number of nitrogens with zero attached hydrogens (tertiary/aromatic N) is 1. The van der Waals surface area contributed by atoms with Gasteiger partial charge in [-0.25, -0.2) is 13.1 Å². The quantitative estimate of drug-likeness (QED) is 0.635. The van der Waals surface area contributed by atoms with Crippen molar-refractivity contribution in [3.63, 3.8) is 0 Å². The third kappa shape index (κ3) is 5.15. The van der Waals surface area contributed by atoms with Crippen LogP contribution in [-0.4, -0.2) is 31.6 Å². The van der Waals surface area contributed by atoms with Gasteiger partial charge >= 0.3 is 6.18 Å². The lowest BCUT2D eigenvalue weighted by atomic mass is 10.2. The maximum absolute atomic E-state index is 12.4. The molecule has 6 nitrogen and oxygen atoms in total. The number of aryl methyl sites for hydroxylation is 1. The molecule has 0 aliphatic carbocycles. The van der Waals surface area contributed by atoms with E-state index in [2.05, 4.69) is 5.32 Å². The second-order valence-corrected chi connectivity index (χ2v) is 8.21. The van der Waals surface area contributed by atoms with E-state index in [0.29, 0.717) is 5.69 Å². The van der Waals surface area contributed by atoms with E-state index in [4.69, 9.17) is 0 Å². The molecule has 3 aromatic rings. The van der Waals surface area contributed by atoms with E-state index in [1.54, 1.807) is 0 Å². The number of carbonyl (C=O) groups excluding carboxylic acids is 1. The molecule has 0 fully saturated rings. The molecular formula is C19H18F3N3O3S. The molecule has 0 aliphatic heterocycles. The maximum atomic E-state index is 12.4. The van der Waals surface area contributed by atoms with Crippen molar-refractivity contribution in [1.82, 2.24) is 9.29 Å². The maximum Gasteiger partial charge on any atom is 0.402 e. The zero-order valence-corrected chi connectivity index (χ0v) is 16.1. The minimum absolute atomic E-state index is 0.0620. The molecule has 0 saturated heterocycles. The van der Waals surface area contributed by atoms with Gasteiger partial charge < -0.3 is 9.88 Å². The van der Waals surface area contributed by atoms with E-state index in [1.165, 1.54) is 16.9 Å². The number of rotatable bonds is 6. The number of amides is 1. The first-order chi connectivity index (χ1) is 13.5. The van der Waals surface area contributed by atoms with Gasteiger partial charge in [-0.15, -0.1) is 0 Å². The topological polar surface area (TPSA) is 80.2 Å². The van der Waals surface area contributed by atoms with Gasteiger partial charge in [0.25, 0.3) is 0 Å². The standard InChI is InChI=1S/C19H18F3N3O3S/c1-13-10-14-4-2-3-5-17(14)25(13)11-18(26)24-15-6-8-16(9-7-15)29(27,28)23-12-19(20,21)22/h2-10,23H,11-12H2,1H3,(H,24,26). The molecule has 1 amide bonds. The van der Waals surface area contributed by atoms with Crippen LogP contribution in [0.4, 0.5) is 18.9 Å². The van der Waals surface area contributed by atoms with E-state index in [0.717, 1.165) is 28.7 Å². The van der Waals surface area contributed by atoms with E-state index < -0.39 is 22.7 Å². The number of anilines is 1. The van der Waals surface area contributed by atoms with Gasteiger partial charge in [0.05, 0.1) is 4.90 Å². The summed E-state index contributed by atoms with van der Waals surface area (Å²) in [7, 11) is -4.30. The summed E-state index contributed by atoms with van der Waals surface area (Å²) in [6.07, 6.45) is -4.65. The van der Waals surface area contributed by atoms with Gasteiger partial charge in [0, 0.05) is 16.9 Å². The molecule has 0 atom stereocenters. The highest BCUT2D eigenvalue weighted by atomic mass is 32.2. The number of aromatic nitrogens is 1. The fourth-order valence-electron chi connectivity index (χ4n) is 2.88. The lowest BCUT2D eigenvalue weighted by molar-refractivity contribution is -0.121. The third-order valence-corrected chi connectivity index (χ3v) is 5.65. The van der Waals surface area contributed by atoms with Crippen molar-refractivity contribution in [2.24, 2.45) is 0 Å². The minimum Gasteiger partial charge on any atom is -0.335 e. The third-order valence-electron chi connectivity index (χ3n) is 4.23. The van der Waals surface area contributed by atoms with Crippen molar-refractivity contribution in [3.8, 4) is 0 Å². The zero-order valence-electron chi connectivity index (χ0n) is 15.3. The van der Waals surface area contributed by atoms with Gasteiger partial charge in [-0.05, 0) is 48.7 Å². The predicted molar refractivity (Wildman–Crippen MR) is 103 cm³/mol. The van der Waals surface area contributed by atoms with Crippen molar-refractivity contribution in [3.05, 3.63) is 60.3 Å². The Labute approximate surface area is 165 Å². The molecule has 2 N–H and O–H groups in total. The van der Waals surface area contributed by atoms with Crippen LogP contribution in [0.15, 0.2) is 59.5 Å². The fraction of sp³-hybridized carbons (Fsp3) is 0.211. The Hall–Kier alpha value is -2.85. The van der Waals surface area contributed by atoms with E-state index in [1.807, 2.05) is 41.8 Å². The molecule has 0 spiro atoms. The monoisotopic (exact) mass is 425 g/mol. The molecule has 0 aliphatic rings. The number of hydrogen-bond donors (Lipinski definition) is 2. The summed E-state index contributed by atoms with van der Waals surface area (Å²) in [5.74, 6) is -0.319. The number of carbonyl (C=O) groups is 1. The molecule has 0 unspecified atom stereocenters. The predicted octanol–water partition coefficient (Wildman–Crippen LogP) is 3.43. The molecule has 10 heteroatoms. The highest BCUT2D eigenvalue weighted by Crippen LogP contribution is 2.20. The summed E-state index contributed by atoms with van der Waals surface area (Å²) >= 11 is 0. The van der Waals surface area contributed by atoms with Gasteiger partial charge in [0.1, 0.15) is 13.1 Å². The van der Waals surface area contributed by atoms with E-state index in [-0.39, 0.29) is 17.3 Å². The van der Waals surface area contributed by atoms with Crippen molar-refractivity contribution in [1.29, 1.82) is 0 Å². The number of hydrogen-bond acceptors (Lipinski definition) is 3. The molecule has 0 saturated carbocycles. The van der Waals surface area contributed by atoms with Gasteiger partial charge in [-0.3, -0.25) is 4.79 Å². The number of fused-ring (bicyclic) bond motifs is 1. The van der Waals surface area contributed by atoms with Crippen LogP contribution in [0.5, 0.6) is 0 Å². The number of sulfonamides is 1. The molecule has 29 heavy (non-hydrogen) atoms. The molecule has 1 heterocycles. The fourth-order valence-corrected chi connectivity index (χ4v) is 3.89. The van der Waals surface area contributed by atoms with Gasteiger partial charge in [0.15, 0.2) is 0 Å². The summed E-state index contributed by atoms with van der Waals surface area (Å²) in [6.45, 7) is 0.297. The number of benzene rings is 2. The Kier molecular flexibility index (Phi) is 5.67. The highest BCUT2D eigenvalue weighted by molar-refractivity contribution is 7.89. The zero-order chi connectivity index (χ0) is 21.2. The Bertz CT molecular complexity index is 1140. The summed E-state index contributed by atoms with van der Waals surface area (Å²) < 4.78 is 63.7. The molecule has 0 radical (unpaired) electrons. The Balaban J connectivity index is 1.68. The average molecular weight is 425 g/mol. The molecule has 3 rings (SSSR count). The first kappa shape index (κ1) is 20.9. The summed E-state index contributed by atoms with van der Waals surface area (Å²) in [5, 5.41) is 3.66. The molecule has 2 aromatic carbocycles. The van der Waals surface area contributed by atoms with Crippen LogP contribution < -0.4 is 10.0 Å². The summed E-state index contributed by atoms with van der Waals surface area (Å²) in [6, 6.07) is 14.5. The van der Waals surface area contributed by atoms with Gasteiger partial charge in [0.2, 0.25) is 15.9 Å². The van der Waals surface area contributed by atoms with Crippen LogP contribution in [0.2, 0.25) is 0 Å². The van der Waals surface area contributed by atoms with Gasteiger partial charge in [-0.1, -0.05) is 18.2 Å². The SMILES string of the molecule is Cc1cc2ccccc2n1CC(=O)Nc1ccc(S(=O)(=O)NCC(F)(F)F)cc1. The number of alkyl halides is 3. The Morgan fingerprint density at radius 3 is 2.38 bits per heavy atom. The highest BCUT2D eigenvalue weighted by Gasteiger charge is 2.30. The van der Waals surface area contributed by atoms with Crippen LogP contribution in [0, 0.1) is 6.92 Å². The van der Waals surface area contributed by atoms with Crippen molar-refractivity contribution < 1.29 is 26.4 Å². The van der Waals surface area contributed by atoms with Crippen LogP contribution >= 0.6 is 0 Å². The number of halogens is 3. The van der Waals surface area contributed by atoms with Crippen molar-refractivity contribution in [2.75, 3.05) is 11.9 Å². The first-order valence-corrected chi connectivity index (χ1v) is 10.0. The van der Waals surface area contributed by atoms with E-state index in [9.17, 15) is 26.4 Å². The lowest BCUT2D eigenvalue weighted by Gasteiger charge is -2.11. The van der Waals surface area contributed by atoms with Crippen molar-refractivity contribution in [2.45, 2.75) is 24.5 Å². The number of para-hydroxylation sites is 1. The molecule has 1 aromatic heterocycles. The molecular weight excluding hydrogens is 407 g/mol. The Morgan fingerprint density at radius 2 is 1.72 bits per heavy atom. The summed E-state index contributed by atoms with van der Waals surface area (Å²) in [5.41, 5.74) is 2.16. The van der Waals surface area contributed by atoms with E-state index >= 15 is 0 Å². The average Bonchev–Trinajstić information content (AvgIpc) is 2.95. The smallest absolute Gasteiger partial charge is 0.335 e. The number of nitrogens with one attached hydrogen (secondary N) is 2. The van der Waals surface area contributed by atoms with Crippen LogP contribution in [-0.2, 0) is 21.4 Å². The largest absolute Gasteiger partial charge is 0.402 e. The second kappa shape index (κ2) is 7.88. The molecule has 154 valence electrons. The minimum atomic E-state index is -4.65. The molecule has 0 bridgehead atoms. The second-order valence-electron chi connectivity index (χ2n) is 6.44. The normalized spacial score (nSPS) is 12.3. The van der Waals surface area contributed by atoms with Crippen LogP contribution in [0.1, 0.15) is 5.69 Å². The summed E-state index contributed by atoms with van der Waals surface area (Å²) in [4.78, 5) is 12.1. The van der Waals surface area contributed by atoms with Crippen LogP contribution in [0.25, 0.3) is 10.9 Å². The lowest BCUT2D eigenvalue weighted by Crippen LogP contribution is -2.33. The Morgan fingerprint density at radius 1 is 1.07 bits per heavy atom.